The van der Waals surface area contributed by atoms with E-state index in [-0.39, 0.29) is 0 Å². The van der Waals surface area contributed by atoms with Crippen LogP contribution in [0, 0.1) is 0 Å². The highest BCUT2D eigenvalue weighted by Gasteiger charge is 2.07. The lowest BCUT2D eigenvalue weighted by Crippen LogP contribution is -1.96. The second-order valence-corrected chi connectivity index (χ2v) is 6.59. The lowest BCUT2D eigenvalue weighted by molar-refractivity contribution is 1.16. The first kappa shape index (κ1) is 14.0. The number of hydrogen-bond acceptors (Lipinski definition) is 7. The number of nitrogens with one attached hydrogen (secondary N) is 1. The molecule has 5 nitrogen and oxygen atoms in total. The monoisotopic (exact) mass is 337 g/mol. The lowest BCUT2D eigenvalue weighted by atomic mass is 10.3. The predicted molar refractivity (Wildman–Crippen MR) is 96.2 cm³/mol. The largest absolute Gasteiger partial charge is 0.264 e. The number of anilines is 1. The second-order valence-electron chi connectivity index (χ2n) is 4.72. The first-order valence-corrected chi connectivity index (χ1v) is 8.63. The molecule has 0 aromatic carbocycles. The van der Waals surface area contributed by atoms with E-state index in [0.29, 0.717) is 5.95 Å². The van der Waals surface area contributed by atoms with E-state index >= 15 is 0 Å². The summed E-state index contributed by atoms with van der Waals surface area (Å²) >= 11 is 3.38. The fraction of sp³-hybridized carbons (Fsp3) is 0. The standard InChI is InChI=1S/C16H11N5S2/c1-2-11(7-17-4-1)8-19-21-16-18-9-15-13(20-16)6-14(23-15)12-3-5-22-10-12/h1-10H,(H,18,20,21). The van der Waals surface area contributed by atoms with Crippen LogP contribution in [-0.4, -0.2) is 21.2 Å². The molecule has 0 radical (unpaired) electrons. The van der Waals surface area contributed by atoms with Gasteiger partial charge in [-0.05, 0) is 29.0 Å². The minimum atomic E-state index is 0.479. The Labute approximate surface area is 140 Å². The van der Waals surface area contributed by atoms with E-state index in [4.69, 9.17) is 0 Å². The Kier molecular flexibility index (Phi) is 3.79. The summed E-state index contributed by atoms with van der Waals surface area (Å²) in [5, 5.41) is 8.35. The zero-order valence-electron chi connectivity index (χ0n) is 11.9. The molecule has 0 saturated carbocycles. The quantitative estimate of drug-likeness (QED) is 0.446. The van der Waals surface area contributed by atoms with Crippen LogP contribution in [0.2, 0.25) is 0 Å². The SMILES string of the molecule is C(=NNc1ncc2sc(-c3ccsc3)cc2n1)c1cccnc1. The van der Waals surface area contributed by atoms with Crippen LogP contribution in [0.1, 0.15) is 5.56 Å². The summed E-state index contributed by atoms with van der Waals surface area (Å²) in [7, 11) is 0. The fourth-order valence-electron chi connectivity index (χ4n) is 2.06. The normalized spacial score (nSPS) is 11.3. The minimum Gasteiger partial charge on any atom is -0.264 e. The smallest absolute Gasteiger partial charge is 0.244 e. The van der Waals surface area contributed by atoms with Crippen LogP contribution < -0.4 is 5.43 Å². The van der Waals surface area contributed by atoms with Crippen molar-refractivity contribution in [1.29, 1.82) is 0 Å². The maximum absolute atomic E-state index is 4.50. The number of thiophene rings is 2. The molecule has 23 heavy (non-hydrogen) atoms. The molecule has 7 heteroatoms. The van der Waals surface area contributed by atoms with Gasteiger partial charge in [-0.3, -0.25) is 4.98 Å². The van der Waals surface area contributed by atoms with Crippen molar-refractivity contribution >= 4 is 45.1 Å². The van der Waals surface area contributed by atoms with E-state index < -0.39 is 0 Å². The molecule has 0 aliphatic carbocycles. The van der Waals surface area contributed by atoms with E-state index in [2.05, 4.69) is 48.4 Å². The highest BCUT2D eigenvalue weighted by molar-refractivity contribution is 7.22. The molecule has 0 aliphatic rings. The minimum absolute atomic E-state index is 0.479. The second kappa shape index (κ2) is 6.23. The average molecular weight is 337 g/mol. The van der Waals surface area contributed by atoms with Crippen LogP contribution in [-0.2, 0) is 0 Å². The molecule has 1 N–H and O–H groups in total. The van der Waals surface area contributed by atoms with Crippen molar-refractivity contribution in [3.63, 3.8) is 0 Å². The molecular formula is C16H11N5S2. The third-order valence-corrected chi connectivity index (χ3v) is 4.93. The van der Waals surface area contributed by atoms with Gasteiger partial charge in [-0.1, -0.05) is 6.07 Å². The summed E-state index contributed by atoms with van der Waals surface area (Å²) in [6.07, 6.45) is 6.97. The van der Waals surface area contributed by atoms with E-state index in [1.807, 2.05) is 18.3 Å². The molecule has 0 atom stereocenters. The van der Waals surface area contributed by atoms with E-state index in [9.17, 15) is 0 Å². The van der Waals surface area contributed by atoms with Crippen LogP contribution in [0.25, 0.3) is 20.7 Å². The van der Waals surface area contributed by atoms with Crippen molar-refractivity contribution in [2.45, 2.75) is 0 Å². The molecule has 4 aromatic heterocycles. The van der Waals surface area contributed by atoms with Gasteiger partial charge in [-0.25, -0.2) is 15.4 Å². The molecule has 0 saturated heterocycles. The van der Waals surface area contributed by atoms with Gasteiger partial charge in [0, 0.05) is 28.4 Å². The Morgan fingerprint density at radius 3 is 3.04 bits per heavy atom. The van der Waals surface area contributed by atoms with Crippen LogP contribution in [0.5, 0.6) is 0 Å². The third-order valence-electron chi connectivity index (χ3n) is 3.14. The van der Waals surface area contributed by atoms with Gasteiger partial charge in [0.25, 0.3) is 0 Å². The Balaban J connectivity index is 1.56. The molecule has 112 valence electrons. The number of fused-ring (bicyclic) bond motifs is 1. The Hall–Kier alpha value is -2.64. The van der Waals surface area contributed by atoms with Gasteiger partial charge in [-0.2, -0.15) is 16.4 Å². The van der Waals surface area contributed by atoms with Gasteiger partial charge in [0.1, 0.15) is 0 Å². The van der Waals surface area contributed by atoms with Crippen molar-refractivity contribution in [3.05, 3.63) is 59.2 Å². The molecule has 0 fully saturated rings. The molecule has 4 heterocycles. The maximum Gasteiger partial charge on any atom is 0.244 e. The Bertz CT molecular complexity index is 945. The Morgan fingerprint density at radius 2 is 2.22 bits per heavy atom. The van der Waals surface area contributed by atoms with Crippen molar-refractivity contribution < 1.29 is 0 Å². The summed E-state index contributed by atoms with van der Waals surface area (Å²) < 4.78 is 1.06. The number of nitrogens with zero attached hydrogens (tertiary/aromatic N) is 4. The molecular weight excluding hydrogens is 326 g/mol. The van der Waals surface area contributed by atoms with Gasteiger partial charge >= 0.3 is 0 Å². The molecule has 0 amide bonds. The van der Waals surface area contributed by atoms with Gasteiger partial charge in [0.05, 0.1) is 22.6 Å². The number of hydrogen-bond donors (Lipinski definition) is 1. The molecule has 0 unspecified atom stereocenters. The van der Waals surface area contributed by atoms with Crippen LogP contribution in [0.15, 0.2) is 58.7 Å². The average Bonchev–Trinajstić information content (AvgIpc) is 3.24. The van der Waals surface area contributed by atoms with Crippen molar-refractivity contribution in [1.82, 2.24) is 15.0 Å². The summed E-state index contributed by atoms with van der Waals surface area (Å²) in [5.41, 5.74) is 5.91. The van der Waals surface area contributed by atoms with Gasteiger partial charge < -0.3 is 0 Å². The summed E-state index contributed by atoms with van der Waals surface area (Å²) in [6, 6.07) is 7.98. The van der Waals surface area contributed by atoms with Gasteiger partial charge in [-0.15, -0.1) is 11.3 Å². The summed E-state index contributed by atoms with van der Waals surface area (Å²) in [6.45, 7) is 0. The summed E-state index contributed by atoms with van der Waals surface area (Å²) in [4.78, 5) is 14.0. The van der Waals surface area contributed by atoms with Crippen molar-refractivity contribution in [2.24, 2.45) is 5.10 Å². The highest BCUT2D eigenvalue weighted by atomic mass is 32.1. The molecule has 4 aromatic rings. The van der Waals surface area contributed by atoms with E-state index in [1.54, 1.807) is 41.3 Å². The molecule has 0 bridgehead atoms. The molecule has 4 rings (SSSR count). The van der Waals surface area contributed by atoms with E-state index in [1.165, 1.54) is 10.4 Å². The predicted octanol–water partition coefficient (Wildman–Crippen LogP) is 4.26. The van der Waals surface area contributed by atoms with Gasteiger partial charge in [0.15, 0.2) is 0 Å². The van der Waals surface area contributed by atoms with Gasteiger partial charge in [0.2, 0.25) is 5.95 Å². The number of aromatic nitrogens is 3. The number of hydrazone groups is 1. The zero-order valence-corrected chi connectivity index (χ0v) is 13.5. The number of rotatable bonds is 4. The fourth-order valence-corrected chi connectivity index (χ4v) is 3.75. The topological polar surface area (TPSA) is 63.1 Å². The van der Waals surface area contributed by atoms with E-state index in [0.717, 1.165) is 15.8 Å². The third kappa shape index (κ3) is 3.10. The van der Waals surface area contributed by atoms with Crippen molar-refractivity contribution in [2.75, 3.05) is 5.43 Å². The first-order chi connectivity index (χ1) is 11.4. The molecule has 0 aliphatic heterocycles. The van der Waals surface area contributed by atoms with Crippen LogP contribution >= 0.6 is 22.7 Å². The first-order valence-electron chi connectivity index (χ1n) is 6.87. The lowest BCUT2D eigenvalue weighted by Gasteiger charge is -1.97. The maximum atomic E-state index is 4.50. The van der Waals surface area contributed by atoms with Crippen molar-refractivity contribution in [3.8, 4) is 10.4 Å². The summed E-state index contributed by atoms with van der Waals surface area (Å²) in [5.74, 6) is 0.479. The zero-order chi connectivity index (χ0) is 15.5. The van der Waals surface area contributed by atoms with Crippen LogP contribution in [0.3, 0.4) is 0 Å². The highest BCUT2D eigenvalue weighted by Crippen LogP contribution is 2.33. The molecule has 0 spiro atoms. The Morgan fingerprint density at radius 1 is 1.22 bits per heavy atom. The van der Waals surface area contributed by atoms with Crippen LogP contribution in [0.4, 0.5) is 5.95 Å². The number of pyridine rings is 1.